The van der Waals surface area contributed by atoms with Crippen molar-refractivity contribution in [2.24, 2.45) is 25.4 Å². The topological polar surface area (TPSA) is 107 Å². The van der Waals surface area contributed by atoms with Gasteiger partial charge in [-0.15, -0.1) is 0 Å². The van der Waals surface area contributed by atoms with Crippen LogP contribution in [-0.2, 0) is 18.9 Å². The molecule has 0 aromatic carbocycles. The fourth-order valence-electron chi connectivity index (χ4n) is 3.64. The van der Waals surface area contributed by atoms with Crippen LogP contribution in [0.25, 0.3) is 0 Å². The van der Waals surface area contributed by atoms with Crippen LogP contribution in [0.5, 0.6) is 0 Å². The predicted molar refractivity (Wildman–Crippen MR) is 96.6 cm³/mol. The Bertz CT molecular complexity index is 872. The monoisotopic (exact) mass is 349 g/mol. The number of rotatable bonds is 3. The first-order valence-electron chi connectivity index (χ1n) is 8.39. The minimum Gasteiger partial charge on any atom is -0.512 e. The molecular formula is C18H27N3O4. The van der Waals surface area contributed by atoms with Crippen LogP contribution in [0.15, 0.2) is 20.9 Å². The van der Waals surface area contributed by atoms with E-state index in [9.17, 15) is 19.5 Å². The van der Waals surface area contributed by atoms with Gasteiger partial charge in [0.15, 0.2) is 5.78 Å². The first kappa shape index (κ1) is 19.0. The van der Waals surface area contributed by atoms with Crippen molar-refractivity contribution in [3.05, 3.63) is 37.7 Å². The Morgan fingerprint density at radius 1 is 1.08 bits per heavy atom. The van der Waals surface area contributed by atoms with E-state index in [2.05, 4.69) is 0 Å². The lowest BCUT2D eigenvalue weighted by atomic mass is 9.70. The molecule has 0 saturated carbocycles. The average molecular weight is 349 g/mol. The minimum atomic E-state index is -0.658. The number of hydrogen-bond donors (Lipinski definition) is 2. The lowest BCUT2D eigenvalue weighted by molar-refractivity contribution is -0.119. The Morgan fingerprint density at radius 2 is 1.64 bits per heavy atom. The van der Waals surface area contributed by atoms with Crippen molar-refractivity contribution in [3.63, 3.8) is 0 Å². The zero-order valence-electron chi connectivity index (χ0n) is 15.7. The zero-order valence-corrected chi connectivity index (χ0v) is 15.7. The smallest absolute Gasteiger partial charge is 0.332 e. The maximum absolute atomic E-state index is 12.8. The molecule has 0 radical (unpaired) electrons. The second-order valence-electron chi connectivity index (χ2n) is 8.03. The van der Waals surface area contributed by atoms with Crippen molar-refractivity contribution in [2.45, 2.75) is 46.5 Å². The lowest BCUT2D eigenvalue weighted by Crippen LogP contribution is -2.42. The molecule has 7 heteroatoms. The number of aliphatic hydroxyl groups is 1. The summed E-state index contributed by atoms with van der Waals surface area (Å²) in [6.07, 6.45) is 0.658. The first-order chi connectivity index (χ1) is 11.4. The molecule has 0 spiro atoms. The summed E-state index contributed by atoms with van der Waals surface area (Å²) < 4.78 is 2.18. The maximum Gasteiger partial charge on any atom is 0.332 e. The van der Waals surface area contributed by atoms with Crippen molar-refractivity contribution in [1.29, 1.82) is 0 Å². The third kappa shape index (κ3) is 3.15. The highest BCUT2D eigenvalue weighted by Gasteiger charge is 2.40. The predicted octanol–water partition coefficient (Wildman–Crippen LogP) is 1.61. The van der Waals surface area contributed by atoms with E-state index in [1.165, 1.54) is 18.7 Å². The quantitative estimate of drug-likeness (QED) is 0.862. The number of Topliss-reactive ketones (excluding diaryl/α,β-unsaturated/α-hetero) is 1. The van der Waals surface area contributed by atoms with Gasteiger partial charge in [-0.2, -0.15) is 0 Å². The molecule has 7 nitrogen and oxygen atoms in total. The molecule has 138 valence electrons. The van der Waals surface area contributed by atoms with Crippen LogP contribution in [0.3, 0.4) is 0 Å². The van der Waals surface area contributed by atoms with Crippen LogP contribution in [0.4, 0.5) is 5.82 Å². The number of aromatic nitrogens is 2. The molecule has 1 aromatic rings. The Kier molecular flexibility index (Phi) is 4.72. The number of aliphatic hydroxyl groups excluding tert-OH is 1. The van der Waals surface area contributed by atoms with Crippen LogP contribution in [0.2, 0.25) is 0 Å². The van der Waals surface area contributed by atoms with Crippen molar-refractivity contribution >= 4 is 11.6 Å². The molecule has 1 atom stereocenters. The SMILES string of the molecule is CC(C)C(C1=C(O)CC(C)(C)CC1=O)c1c(N)n(C)c(=O)n(C)c1=O. The Balaban J connectivity index is 2.81. The maximum atomic E-state index is 12.8. The molecule has 0 amide bonds. The van der Waals surface area contributed by atoms with E-state index in [0.29, 0.717) is 12.8 Å². The van der Waals surface area contributed by atoms with Crippen LogP contribution in [0, 0.1) is 11.3 Å². The zero-order chi connectivity index (χ0) is 19.3. The number of carbonyl (C=O) groups excluding carboxylic acids is 1. The van der Waals surface area contributed by atoms with Crippen molar-refractivity contribution < 1.29 is 9.90 Å². The van der Waals surface area contributed by atoms with Gasteiger partial charge in [0.25, 0.3) is 5.56 Å². The molecule has 2 rings (SSSR count). The highest BCUT2D eigenvalue weighted by molar-refractivity contribution is 5.98. The van der Waals surface area contributed by atoms with Gasteiger partial charge in [0, 0.05) is 38.4 Å². The number of carbonyl (C=O) groups is 1. The van der Waals surface area contributed by atoms with Crippen LogP contribution < -0.4 is 17.0 Å². The van der Waals surface area contributed by atoms with Crippen LogP contribution in [0.1, 0.15) is 52.0 Å². The Labute approximate surface area is 146 Å². The minimum absolute atomic E-state index is 0.00950. The fourth-order valence-corrected chi connectivity index (χ4v) is 3.64. The Morgan fingerprint density at radius 3 is 2.12 bits per heavy atom. The number of nitrogen functional groups attached to an aromatic ring is 1. The molecule has 0 fully saturated rings. The van der Waals surface area contributed by atoms with E-state index in [1.54, 1.807) is 0 Å². The summed E-state index contributed by atoms with van der Waals surface area (Å²) in [5, 5.41) is 10.6. The highest BCUT2D eigenvalue weighted by atomic mass is 16.3. The molecule has 3 N–H and O–H groups in total. The van der Waals surface area contributed by atoms with E-state index in [-0.39, 0.29) is 39.8 Å². The molecule has 1 aromatic heterocycles. The summed E-state index contributed by atoms with van der Waals surface area (Å²) in [6.45, 7) is 7.56. The summed E-state index contributed by atoms with van der Waals surface area (Å²) >= 11 is 0. The standard InChI is InChI=1S/C18H27N3O4/c1-9(2)12(13-10(22)7-18(3,4)8-11(13)23)14-15(19)20(5)17(25)21(6)16(14)24/h9,12,22H,7-8,19H2,1-6H3. The van der Waals surface area contributed by atoms with E-state index in [0.717, 1.165) is 4.57 Å². The van der Waals surface area contributed by atoms with Gasteiger partial charge in [0.2, 0.25) is 0 Å². The van der Waals surface area contributed by atoms with Gasteiger partial charge in [-0.1, -0.05) is 27.7 Å². The van der Waals surface area contributed by atoms with Gasteiger partial charge >= 0.3 is 5.69 Å². The normalized spacial score (nSPS) is 18.8. The largest absolute Gasteiger partial charge is 0.512 e. The van der Waals surface area contributed by atoms with E-state index < -0.39 is 17.2 Å². The second kappa shape index (κ2) is 6.20. The van der Waals surface area contributed by atoms with Crippen molar-refractivity contribution in [3.8, 4) is 0 Å². The van der Waals surface area contributed by atoms with Crippen LogP contribution in [-0.4, -0.2) is 20.0 Å². The summed E-state index contributed by atoms with van der Waals surface area (Å²) in [7, 11) is 2.86. The average Bonchev–Trinajstić information content (AvgIpc) is 2.47. The third-order valence-electron chi connectivity index (χ3n) is 4.93. The van der Waals surface area contributed by atoms with Crippen LogP contribution >= 0.6 is 0 Å². The highest BCUT2D eigenvalue weighted by Crippen LogP contribution is 2.43. The number of allylic oxidation sites excluding steroid dienone is 2. The summed E-state index contributed by atoms with van der Waals surface area (Å²) in [5.41, 5.74) is 5.13. The number of nitrogens with zero attached hydrogens (tertiary/aromatic N) is 2. The molecule has 0 saturated heterocycles. The summed E-state index contributed by atoms with van der Waals surface area (Å²) in [4.78, 5) is 37.6. The summed E-state index contributed by atoms with van der Waals surface area (Å²) in [6, 6.07) is 0. The van der Waals surface area contributed by atoms with Crippen molar-refractivity contribution in [1.82, 2.24) is 9.13 Å². The van der Waals surface area contributed by atoms with Gasteiger partial charge in [0.05, 0.1) is 5.56 Å². The molecule has 1 heterocycles. The molecule has 25 heavy (non-hydrogen) atoms. The van der Waals surface area contributed by atoms with Gasteiger partial charge in [0.1, 0.15) is 11.6 Å². The molecular weight excluding hydrogens is 322 g/mol. The van der Waals surface area contributed by atoms with Gasteiger partial charge in [-0.05, 0) is 11.3 Å². The second-order valence-corrected chi connectivity index (χ2v) is 8.03. The lowest BCUT2D eigenvalue weighted by Gasteiger charge is -2.34. The third-order valence-corrected chi connectivity index (χ3v) is 4.93. The Hall–Kier alpha value is -2.31. The molecule has 1 aliphatic carbocycles. The van der Waals surface area contributed by atoms with Gasteiger partial charge in [-0.3, -0.25) is 18.7 Å². The number of nitrogens with two attached hydrogens (primary N) is 1. The summed E-state index contributed by atoms with van der Waals surface area (Å²) in [5.74, 6) is -0.952. The molecule has 1 unspecified atom stereocenters. The van der Waals surface area contributed by atoms with E-state index >= 15 is 0 Å². The molecule has 0 aliphatic heterocycles. The molecule has 0 bridgehead atoms. The number of hydrogen-bond acceptors (Lipinski definition) is 5. The van der Waals surface area contributed by atoms with E-state index in [1.807, 2.05) is 27.7 Å². The number of ketones is 1. The van der Waals surface area contributed by atoms with E-state index in [4.69, 9.17) is 5.73 Å². The number of anilines is 1. The molecule has 1 aliphatic rings. The van der Waals surface area contributed by atoms with Gasteiger partial charge < -0.3 is 10.8 Å². The first-order valence-corrected chi connectivity index (χ1v) is 8.39. The van der Waals surface area contributed by atoms with Gasteiger partial charge in [-0.25, -0.2) is 4.79 Å². The van der Waals surface area contributed by atoms with Crippen molar-refractivity contribution in [2.75, 3.05) is 5.73 Å². The fraction of sp³-hybridized carbons (Fsp3) is 0.611.